The van der Waals surface area contributed by atoms with E-state index in [2.05, 4.69) is 10.1 Å². The van der Waals surface area contributed by atoms with Gasteiger partial charge in [-0.1, -0.05) is 84.9 Å². The lowest BCUT2D eigenvalue weighted by atomic mass is 10.0. The van der Waals surface area contributed by atoms with E-state index in [1.165, 1.54) is 36.5 Å². The number of hydrogen-bond donors (Lipinski definition) is 2. The van der Waals surface area contributed by atoms with Crippen molar-refractivity contribution in [1.29, 1.82) is 5.26 Å². The normalized spacial score (nSPS) is 11.3. The summed E-state index contributed by atoms with van der Waals surface area (Å²) in [6, 6.07) is 25.8. The van der Waals surface area contributed by atoms with Crippen LogP contribution in [0.2, 0.25) is 0 Å². The van der Waals surface area contributed by atoms with Crippen molar-refractivity contribution in [2.24, 2.45) is 0 Å². The molecule has 0 aromatic heterocycles. The lowest BCUT2D eigenvalue weighted by Gasteiger charge is -2.17. The summed E-state index contributed by atoms with van der Waals surface area (Å²) in [7, 11) is -4.05. The maximum Gasteiger partial charge on any atom is 0.573 e. The number of carbonyl (C=O) groups excluding carboxylic acids is 1. The van der Waals surface area contributed by atoms with Gasteiger partial charge in [0.15, 0.2) is 6.19 Å². The molecule has 0 aliphatic heterocycles. The van der Waals surface area contributed by atoms with Crippen molar-refractivity contribution in [3.63, 3.8) is 0 Å². The van der Waals surface area contributed by atoms with Gasteiger partial charge in [-0.3, -0.25) is 4.79 Å². The molecule has 0 atom stereocenters. The average Bonchev–Trinajstić information content (AvgIpc) is 2.93. The molecule has 0 aliphatic rings. The number of carbonyl (C=O) groups is 1. The van der Waals surface area contributed by atoms with Gasteiger partial charge in [0.05, 0.1) is 10.5 Å². The molecule has 0 radical (unpaired) electrons. The first-order valence-corrected chi connectivity index (χ1v) is 13.3. The van der Waals surface area contributed by atoms with Gasteiger partial charge in [-0.2, -0.15) is 5.26 Å². The van der Waals surface area contributed by atoms with Gasteiger partial charge in [-0.25, -0.2) is 13.1 Å². The van der Waals surface area contributed by atoms with E-state index in [4.69, 9.17) is 5.26 Å². The molecular formula is C29H22F3N3O4S. The SMILES string of the molecule is N#CNS(=O)(=O)c1ccccc1-c1ccc(CNC(=O)c2cccc(Cc3ccccc3)c2OC(F)(F)F)cc1. The first kappa shape index (κ1) is 28.2. The van der Waals surface area contributed by atoms with Crippen molar-refractivity contribution in [1.82, 2.24) is 10.0 Å². The van der Waals surface area contributed by atoms with Crippen molar-refractivity contribution in [2.45, 2.75) is 24.2 Å². The first-order valence-electron chi connectivity index (χ1n) is 11.9. The molecule has 2 N–H and O–H groups in total. The number of hydrogen-bond acceptors (Lipinski definition) is 5. The number of halogens is 3. The van der Waals surface area contributed by atoms with Crippen LogP contribution in [0.25, 0.3) is 11.1 Å². The van der Waals surface area contributed by atoms with Crippen LogP contribution < -0.4 is 14.8 Å². The lowest BCUT2D eigenvalue weighted by Crippen LogP contribution is -2.26. The van der Waals surface area contributed by atoms with Gasteiger partial charge < -0.3 is 10.1 Å². The molecule has 7 nitrogen and oxygen atoms in total. The molecule has 0 spiro atoms. The van der Waals surface area contributed by atoms with Crippen molar-refractivity contribution in [3.8, 4) is 23.1 Å². The Morgan fingerprint density at radius 2 is 1.52 bits per heavy atom. The minimum absolute atomic E-state index is 0.0105. The van der Waals surface area contributed by atoms with Crippen LogP contribution in [-0.4, -0.2) is 20.7 Å². The van der Waals surface area contributed by atoms with E-state index >= 15 is 0 Å². The van der Waals surface area contributed by atoms with Crippen LogP contribution in [0.1, 0.15) is 27.0 Å². The van der Waals surface area contributed by atoms with E-state index in [1.54, 1.807) is 71.5 Å². The molecule has 0 saturated heterocycles. The molecule has 11 heteroatoms. The zero-order valence-corrected chi connectivity index (χ0v) is 21.6. The Bertz CT molecular complexity index is 1650. The van der Waals surface area contributed by atoms with E-state index in [-0.39, 0.29) is 29.0 Å². The van der Waals surface area contributed by atoms with Crippen LogP contribution in [0, 0.1) is 11.5 Å². The number of nitrogens with one attached hydrogen (secondary N) is 2. The highest BCUT2D eigenvalue weighted by molar-refractivity contribution is 7.89. The minimum atomic E-state index is -5.00. The maximum absolute atomic E-state index is 13.3. The van der Waals surface area contributed by atoms with Crippen LogP contribution in [0.15, 0.2) is 102 Å². The third-order valence-corrected chi connectivity index (χ3v) is 7.17. The van der Waals surface area contributed by atoms with Crippen molar-refractivity contribution < 1.29 is 31.1 Å². The molecule has 0 saturated carbocycles. The van der Waals surface area contributed by atoms with E-state index in [0.29, 0.717) is 16.7 Å². The van der Waals surface area contributed by atoms with E-state index in [0.717, 1.165) is 5.56 Å². The highest BCUT2D eigenvalue weighted by Crippen LogP contribution is 2.32. The van der Waals surface area contributed by atoms with Gasteiger partial charge in [0.2, 0.25) is 0 Å². The molecule has 4 aromatic carbocycles. The second-order valence-corrected chi connectivity index (χ2v) is 10.2. The Labute approximate surface area is 228 Å². The van der Waals surface area contributed by atoms with Crippen LogP contribution in [0.3, 0.4) is 0 Å². The molecular weight excluding hydrogens is 543 g/mol. The van der Waals surface area contributed by atoms with Crippen LogP contribution in [0.4, 0.5) is 13.2 Å². The zero-order valence-electron chi connectivity index (χ0n) is 20.8. The predicted molar refractivity (Wildman–Crippen MR) is 141 cm³/mol. The topological polar surface area (TPSA) is 108 Å². The van der Waals surface area contributed by atoms with Crippen molar-refractivity contribution in [2.75, 3.05) is 0 Å². The number of rotatable bonds is 9. The molecule has 0 fully saturated rings. The summed E-state index contributed by atoms with van der Waals surface area (Å²) in [5.74, 6) is -1.31. The van der Waals surface area contributed by atoms with Crippen molar-refractivity contribution >= 4 is 15.9 Å². The maximum atomic E-state index is 13.3. The number of alkyl halides is 3. The van der Waals surface area contributed by atoms with E-state index < -0.39 is 28.0 Å². The number of nitriles is 1. The van der Waals surface area contributed by atoms with E-state index in [9.17, 15) is 26.4 Å². The first-order chi connectivity index (χ1) is 19.1. The number of benzene rings is 4. The Kier molecular flexibility index (Phi) is 8.40. The van der Waals surface area contributed by atoms with Gasteiger partial charge in [-0.15, -0.1) is 13.2 Å². The Balaban J connectivity index is 1.54. The van der Waals surface area contributed by atoms with Crippen LogP contribution in [-0.2, 0) is 23.0 Å². The molecule has 1 amide bonds. The van der Waals surface area contributed by atoms with Crippen molar-refractivity contribution in [3.05, 3.63) is 119 Å². The largest absolute Gasteiger partial charge is 0.573 e. The number of amides is 1. The van der Waals surface area contributed by atoms with Gasteiger partial charge in [0.1, 0.15) is 5.75 Å². The second-order valence-electron chi connectivity index (χ2n) is 8.60. The van der Waals surface area contributed by atoms with Gasteiger partial charge in [0, 0.05) is 18.5 Å². The number of para-hydroxylation sites is 1. The molecule has 204 valence electrons. The Morgan fingerprint density at radius 1 is 0.850 bits per heavy atom. The third kappa shape index (κ3) is 6.98. The van der Waals surface area contributed by atoms with Gasteiger partial charge in [-0.05, 0) is 34.4 Å². The molecule has 0 bridgehead atoms. The Hall–Kier alpha value is -4.82. The van der Waals surface area contributed by atoms with E-state index in [1.807, 2.05) is 0 Å². The van der Waals surface area contributed by atoms with Crippen LogP contribution >= 0.6 is 0 Å². The third-order valence-electron chi connectivity index (χ3n) is 5.87. The predicted octanol–water partition coefficient (Wildman–Crippen LogP) is 5.53. The monoisotopic (exact) mass is 565 g/mol. The molecule has 4 aromatic rings. The highest BCUT2D eigenvalue weighted by Gasteiger charge is 2.34. The minimum Gasteiger partial charge on any atom is -0.405 e. The summed E-state index contributed by atoms with van der Waals surface area (Å²) >= 11 is 0. The summed E-state index contributed by atoms with van der Waals surface area (Å²) in [6.45, 7) is -0.0105. The lowest BCUT2D eigenvalue weighted by molar-refractivity contribution is -0.275. The zero-order chi connectivity index (χ0) is 28.8. The number of ether oxygens (including phenoxy) is 1. The van der Waals surface area contributed by atoms with Gasteiger partial charge in [0.25, 0.3) is 15.9 Å². The average molecular weight is 566 g/mol. The summed E-state index contributed by atoms with van der Waals surface area (Å²) in [5.41, 5.74) is 2.23. The quantitative estimate of drug-likeness (QED) is 0.205. The molecule has 40 heavy (non-hydrogen) atoms. The fourth-order valence-electron chi connectivity index (χ4n) is 4.09. The fraction of sp³-hybridized carbons (Fsp3) is 0.103. The molecule has 0 aliphatic carbocycles. The van der Waals surface area contributed by atoms with Gasteiger partial charge >= 0.3 is 6.36 Å². The fourth-order valence-corrected chi connectivity index (χ4v) is 5.05. The highest BCUT2D eigenvalue weighted by atomic mass is 32.2. The molecule has 0 unspecified atom stereocenters. The summed E-state index contributed by atoms with van der Waals surface area (Å²) in [5, 5.41) is 11.4. The molecule has 4 rings (SSSR count). The molecule has 0 heterocycles. The van der Waals surface area contributed by atoms with Crippen LogP contribution in [0.5, 0.6) is 5.75 Å². The second kappa shape index (κ2) is 11.9. The summed E-state index contributed by atoms with van der Waals surface area (Å²) < 4.78 is 70.7. The standard InChI is InChI=1S/C29H22F3N3O4S/c30-29(31,32)39-27-23(17-20-7-2-1-3-8-20)9-6-11-25(27)28(36)34-18-21-13-15-22(16-14-21)24-10-4-5-12-26(24)40(37,38)35-19-33/h1-16,35H,17-18H2,(H,34,36). The summed E-state index contributed by atoms with van der Waals surface area (Å²) in [4.78, 5) is 12.9. The smallest absolute Gasteiger partial charge is 0.405 e. The summed E-state index contributed by atoms with van der Waals surface area (Å²) in [6.07, 6.45) is -3.44. The Morgan fingerprint density at radius 3 is 2.20 bits per heavy atom. The number of sulfonamides is 1. The number of nitrogens with zero attached hydrogens (tertiary/aromatic N) is 1.